The number of ether oxygens (including phenoxy) is 3. The largest absolute Gasteiger partial charge is 0.507 e. The van der Waals surface area contributed by atoms with Crippen LogP contribution in [0.25, 0.3) is 0 Å². The second kappa shape index (κ2) is 10.4. The first kappa shape index (κ1) is 21.3. The molecule has 0 saturated carbocycles. The van der Waals surface area contributed by atoms with Gasteiger partial charge in [0.25, 0.3) is 5.56 Å². The minimum absolute atomic E-state index is 0.0441. The summed E-state index contributed by atoms with van der Waals surface area (Å²) in [6, 6.07) is 6.73. The molecular formula is C21H27NO6. The number of carbonyl (C=O) groups excluding carboxylic acids is 1. The first-order valence-electron chi connectivity index (χ1n) is 9.40. The fourth-order valence-corrected chi connectivity index (χ4v) is 2.62. The zero-order chi connectivity index (χ0) is 20.5. The molecule has 0 aliphatic rings. The van der Waals surface area contributed by atoms with Gasteiger partial charge in [-0.25, -0.2) is 4.79 Å². The minimum atomic E-state index is -0.695. The lowest BCUT2D eigenvalue weighted by Crippen LogP contribution is -2.21. The monoisotopic (exact) mass is 389 g/mol. The third kappa shape index (κ3) is 5.52. The predicted molar refractivity (Wildman–Crippen MR) is 105 cm³/mol. The van der Waals surface area contributed by atoms with Crippen LogP contribution in [0, 0.1) is 0 Å². The molecule has 2 aromatic rings. The van der Waals surface area contributed by atoms with E-state index in [-0.39, 0.29) is 11.3 Å². The topological polar surface area (TPSA) is 87.0 Å². The number of carbonyl (C=O) groups is 1. The fraction of sp³-hybridized carbons (Fsp3) is 0.429. The van der Waals surface area contributed by atoms with Gasteiger partial charge in [0.15, 0.2) is 11.5 Å². The summed E-state index contributed by atoms with van der Waals surface area (Å²) in [5.74, 6) is 0.301. The van der Waals surface area contributed by atoms with Gasteiger partial charge < -0.3 is 23.9 Å². The molecule has 0 aliphatic carbocycles. The van der Waals surface area contributed by atoms with Gasteiger partial charge in [-0.05, 0) is 37.0 Å². The molecule has 0 spiro atoms. The van der Waals surface area contributed by atoms with Gasteiger partial charge in [0.05, 0.1) is 20.3 Å². The van der Waals surface area contributed by atoms with Crippen molar-refractivity contribution in [3.05, 3.63) is 51.9 Å². The molecule has 0 unspecified atom stereocenters. The molecular weight excluding hydrogens is 362 g/mol. The van der Waals surface area contributed by atoms with Crippen molar-refractivity contribution in [2.45, 2.75) is 39.7 Å². The number of pyridine rings is 1. The van der Waals surface area contributed by atoms with Gasteiger partial charge in [0.2, 0.25) is 0 Å². The van der Waals surface area contributed by atoms with Crippen LogP contribution in [0.4, 0.5) is 0 Å². The number of nitrogens with zero attached hydrogens (tertiary/aromatic N) is 1. The van der Waals surface area contributed by atoms with E-state index >= 15 is 0 Å². The van der Waals surface area contributed by atoms with E-state index in [2.05, 4.69) is 4.74 Å². The van der Waals surface area contributed by atoms with Crippen LogP contribution in [-0.2, 0) is 17.7 Å². The molecule has 1 aromatic heterocycles. The molecule has 2 rings (SSSR count). The zero-order valence-electron chi connectivity index (χ0n) is 16.6. The van der Waals surface area contributed by atoms with Gasteiger partial charge in [0.1, 0.15) is 11.3 Å². The predicted octanol–water partition coefficient (Wildman–Crippen LogP) is 3.16. The van der Waals surface area contributed by atoms with E-state index < -0.39 is 11.5 Å². The maximum absolute atomic E-state index is 12.1. The Morgan fingerprint density at radius 3 is 2.39 bits per heavy atom. The Morgan fingerprint density at radius 2 is 1.75 bits per heavy atom. The average Bonchev–Trinajstić information content (AvgIpc) is 2.70. The van der Waals surface area contributed by atoms with Gasteiger partial charge in [-0.15, -0.1) is 0 Å². The van der Waals surface area contributed by atoms with E-state index in [1.807, 2.05) is 32.0 Å². The lowest BCUT2D eigenvalue weighted by molar-refractivity contribution is 0.0596. The number of aryl methyl sites for hydroxylation is 2. The summed E-state index contributed by atoms with van der Waals surface area (Å²) >= 11 is 0. The Kier molecular flexibility index (Phi) is 7.92. The van der Waals surface area contributed by atoms with Crippen LogP contribution in [0.3, 0.4) is 0 Å². The van der Waals surface area contributed by atoms with Gasteiger partial charge in [0, 0.05) is 18.8 Å². The molecule has 0 radical (unpaired) electrons. The quantitative estimate of drug-likeness (QED) is 0.628. The van der Waals surface area contributed by atoms with Crippen molar-refractivity contribution in [3.8, 4) is 17.2 Å². The Hall–Kier alpha value is -2.96. The van der Waals surface area contributed by atoms with E-state index in [4.69, 9.17) is 9.47 Å². The summed E-state index contributed by atoms with van der Waals surface area (Å²) in [6.45, 7) is 5.61. The van der Waals surface area contributed by atoms with Crippen molar-refractivity contribution in [2.24, 2.45) is 0 Å². The molecule has 28 heavy (non-hydrogen) atoms. The van der Waals surface area contributed by atoms with Crippen molar-refractivity contribution in [1.29, 1.82) is 0 Å². The average molecular weight is 389 g/mol. The number of aromatic hydroxyl groups is 1. The molecule has 0 aliphatic heterocycles. The number of hydrogen-bond donors (Lipinski definition) is 1. The maximum atomic E-state index is 12.1. The van der Waals surface area contributed by atoms with E-state index in [1.54, 1.807) is 0 Å². The van der Waals surface area contributed by atoms with Crippen molar-refractivity contribution in [2.75, 3.05) is 20.3 Å². The lowest BCUT2D eigenvalue weighted by atomic mass is 10.1. The highest BCUT2D eigenvalue weighted by Crippen LogP contribution is 2.29. The Morgan fingerprint density at radius 1 is 1.07 bits per heavy atom. The summed E-state index contributed by atoms with van der Waals surface area (Å²) in [5.41, 5.74) is 0.530. The molecule has 1 aromatic carbocycles. The molecule has 7 nitrogen and oxygen atoms in total. The molecule has 0 bridgehead atoms. The first-order valence-corrected chi connectivity index (χ1v) is 9.40. The van der Waals surface area contributed by atoms with E-state index in [9.17, 15) is 14.7 Å². The van der Waals surface area contributed by atoms with E-state index in [0.29, 0.717) is 37.7 Å². The van der Waals surface area contributed by atoms with Crippen molar-refractivity contribution < 1.29 is 24.1 Å². The zero-order valence-corrected chi connectivity index (χ0v) is 16.6. The van der Waals surface area contributed by atoms with Crippen molar-refractivity contribution in [3.63, 3.8) is 0 Å². The fourth-order valence-electron chi connectivity index (χ4n) is 2.62. The minimum Gasteiger partial charge on any atom is -0.507 e. The van der Waals surface area contributed by atoms with Crippen LogP contribution in [0.15, 0.2) is 35.3 Å². The summed E-state index contributed by atoms with van der Waals surface area (Å²) < 4.78 is 17.5. The summed E-state index contributed by atoms with van der Waals surface area (Å²) in [4.78, 5) is 23.8. The Balaban J connectivity index is 2.19. The third-order valence-corrected chi connectivity index (χ3v) is 4.08. The smallest absolute Gasteiger partial charge is 0.343 e. The van der Waals surface area contributed by atoms with Crippen LogP contribution < -0.4 is 15.0 Å². The number of aromatic nitrogens is 1. The van der Waals surface area contributed by atoms with Crippen LogP contribution in [-0.4, -0.2) is 36.0 Å². The van der Waals surface area contributed by atoms with Crippen LogP contribution in [0.5, 0.6) is 17.2 Å². The van der Waals surface area contributed by atoms with Crippen LogP contribution >= 0.6 is 0 Å². The van der Waals surface area contributed by atoms with Crippen molar-refractivity contribution in [1.82, 2.24) is 4.57 Å². The summed E-state index contributed by atoms with van der Waals surface area (Å²) in [5, 5.41) is 9.78. The standard InChI is InChI=1S/C21H27NO6/c1-4-10-27-18-7-6-15(12-19(18)28-11-5-2)8-9-22-14-16(21(25)26-3)17(23)13-20(22)24/h6-7,12-14,23H,4-5,8-11H2,1-3H3. The van der Waals surface area contributed by atoms with Crippen molar-refractivity contribution >= 4 is 5.97 Å². The molecule has 7 heteroatoms. The Bertz CT molecular complexity index is 858. The van der Waals surface area contributed by atoms with Gasteiger partial charge >= 0.3 is 5.97 Å². The highest BCUT2D eigenvalue weighted by molar-refractivity contribution is 5.91. The van der Waals surface area contributed by atoms with Crippen LogP contribution in [0.2, 0.25) is 0 Å². The number of esters is 1. The van der Waals surface area contributed by atoms with Gasteiger partial charge in [-0.2, -0.15) is 0 Å². The van der Waals surface area contributed by atoms with Crippen LogP contribution in [0.1, 0.15) is 42.6 Å². The van der Waals surface area contributed by atoms with E-state index in [0.717, 1.165) is 24.5 Å². The number of methoxy groups -OCH3 is 1. The molecule has 0 amide bonds. The molecule has 0 saturated heterocycles. The molecule has 0 fully saturated rings. The second-order valence-electron chi connectivity index (χ2n) is 6.32. The highest BCUT2D eigenvalue weighted by atomic mass is 16.5. The molecule has 0 atom stereocenters. The molecule has 1 heterocycles. The Labute approximate surface area is 164 Å². The van der Waals surface area contributed by atoms with E-state index in [1.165, 1.54) is 17.9 Å². The maximum Gasteiger partial charge on any atom is 0.343 e. The number of rotatable bonds is 10. The van der Waals surface area contributed by atoms with Gasteiger partial charge in [-0.1, -0.05) is 19.9 Å². The number of benzene rings is 1. The van der Waals surface area contributed by atoms with Gasteiger partial charge in [-0.3, -0.25) is 4.79 Å². The third-order valence-electron chi connectivity index (χ3n) is 4.08. The SMILES string of the molecule is CCCOc1ccc(CCn2cc(C(=O)OC)c(O)cc2=O)cc1OCCC. The number of hydrogen-bond acceptors (Lipinski definition) is 6. The second-order valence-corrected chi connectivity index (χ2v) is 6.32. The molecule has 1 N–H and O–H groups in total. The lowest BCUT2D eigenvalue weighted by Gasteiger charge is -2.14. The summed E-state index contributed by atoms with van der Waals surface area (Å²) in [6.07, 6.45) is 3.65. The molecule has 152 valence electrons. The summed E-state index contributed by atoms with van der Waals surface area (Å²) in [7, 11) is 1.22. The highest BCUT2D eigenvalue weighted by Gasteiger charge is 2.14. The normalized spacial score (nSPS) is 10.5. The first-order chi connectivity index (χ1) is 13.5.